The summed E-state index contributed by atoms with van der Waals surface area (Å²) in [6, 6.07) is 3.00. The highest BCUT2D eigenvalue weighted by Gasteiger charge is 2.52. The molecule has 9 nitrogen and oxygen atoms in total. The van der Waals surface area contributed by atoms with Gasteiger partial charge in [0.2, 0.25) is 0 Å². The van der Waals surface area contributed by atoms with Crippen LogP contribution in [0.25, 0.3) is 11.1 Å². The summed E-state index contributed by atoms with van der Waals surface area (Å²) in [4.78, 5) is 38.7. The van der Waals surface area contributed by atoms with Crippen LogP contribution in [-0.2, 0) is 5.41 Å². The molecule has 0 amide bonds. The number of aromatic carboxylic acids is 2. The minimum absolute atomic E-state index is 0.0187. The summed E-state index contributed by atoms with van der Waals surface area (Å²) in [5.41, 5.74) is 3.80. The Morgan fingerprint density at radius 3 is 2.06 bits per heavy atom. The Hall–Kier alpha value is -3.49. The number of carboxylic acids is 2. The zero-order valence-corrected chi connectivity index (χ0v) is 18.2. The lowest BCUT2D eigenvalue weighted by Crippen LogP contribution is -2.48. The molecule has 4 bridgehead atoms. The van der Waals surface area contributed by atoms with Crippen LogP contribution in [0.2, 0.25) is 0 Å². The summed E-state index contributed by atoms with van der Waals surface area (Å²) in [7, 11) is 1.38. The lowest BCUT2D eigenvalue weighted by molar-refractivity contribution is -0.00624. The SMILES string of the molecule is COc1cc(-c2c(C(=O)O)c(N)[nH]c(=O)c2C(=O)O)cc(C23CC4CC(CC(C4)C2)C3)c1O. The normalized spacial score (nSPS) is 27.5. The Labute approximate surface area is 189 Å². The predicted molar refractivity (Wildman–Crippen MR) is 119 cm³/mol. The largest absolute Gasteiger partial charge is 0.504 e. The lowest BCUT2D eigenvalue weighted by Gasteiger charge is -2.57. The second kappa shape index (κ2) is 7.26. The molecule has 0 radical (unpaired) electrons. The van der Waals surface area contributed by atoms with Gasteiger partial charge in [-0.3, -0.25) is 4.79 Å². The Balaban J connectivity index is 1.80. The van der Waals surface area contributed by atoms with Crippen molar-refractivity contribution in [3.8, 4) is 22.6 Å². The van der Waals surface area contributed by atoms with E-state index in [1.807, 2.05) is 0 Å². The highest BCUT2D eigenvalue weighted by Crippen LogP contribution is 2.62. The molecule has 1 aromatic carbocycles. The third-order valence-corrected chi connectivity index (χ3v) is 7.87. The van der Waals surface area contributed by atoms with Gasteiger partial charge in [-0.2, -0.15) is 0 Å². The number of benzene rings is 1. The first kappa shape index (κ1) is 21.4. The molecule has 2 aromatic rings. The van der Waals surface area contributed by atoms with Crippen LogP contribution in [0.4, 0.5) is 5.82 Å². The van der Waals surface area contributed by atoms with Crippen LogP contribution in [-0.4, -0.2) is 39.4 Å². The van der Waals surface area contributed by atoms with Gasteiger partial charge in [0.25, 0.3) is 5.56 Å². The van der Waals surface area contributed by atoms with E-state index in [2.05, 4.69) is 4.98 Å². The highest BCUT2D eigenvalue weighted by atomic mass is 16.5. The number of anilines is 1. The molecule has 6 rings (SSSR count). The molecule has 4 saturated carbocycles. The number of hydrogen-bond acceptors (Lipinski definition) is 6. The number of aromatic nitrogens is 1. The molecule has 9 heteroatoms. The van der Waals surface area contributed by atoms with Crippen molar-refractivity contribution in [1.82, 2.24) is 4.98 Å². The summed E-state index contributed by atoms with van der Waals surface area (Å²) in [5, 5.41) is 30.7. The van der Waals surface area contributed by atoms with Gasteiger partial charge in [-0.1, -0.05) is 0 Å². The van der Waals surface area contributed by atoms with E-state index in [9.17, 15) is 29.7 Å². The number of rotatable bonds is 5. The van der Waals surface area contributed by atoms with E-state index in [-0.39, 0.29) is 28.0 Å². The Morgan fingerprint density at radius 2 is 1.58 bits per heavy atom. The first-order chi connectivity index (χ1) is 15.6. The molecule has 4 aliphatic rings. The summed E-state index contributed by atoms with van der Waals surface area (Å²) in [5.74, 6) is -1.67. The fourth-order valence-corrected chi connectivity index (χ4v) is 7.09. The van der Waals surface area contributed by atoms with Crippen molar-refractivity contribution in [1.29, 1.82) is 0 Å². The maximum absolute atomic E-state index is 12.5. The van der Waals surface area contributed by atoms with Gasteiger partial charge in [-0.05, 0) is 79.4 Å². The zero-order valence-electron chi connectivity index (χ0n) is 18.2. The van der Waals surface area contributed by atoms with Crippen molar-refractivity contribution in [2.45, 2.75) is 43.9 Å². The lowest BCUT2D eigenvalue weighted by atomic mass is 9.48. The number of hydrogen-bond donors (Lipinski definition) is 5. The molecule has 1 heterocycles. The molecular weight excluding hydrogens is 428 g/mol. The number of pyridine rings is 1. The van der Waals surface area contributed by atoms with Crippen molar-refractivity contribution >= 4 is 17.8 Å². The summed E-state index contributed by atoms with van der Waals surface area (Å²) in [6.07, 6.45) is 6.30. The number of nitrogen functional groups attached to an aromatic ring is 1. The quantitative estimate of drug-likeness (QED) is 0.460. The number of aromatic amines is 1. The van der Waals surface area contributed by atoms with Crippen LogP contribution >= 0.6 is 0 Å². The Kier molecular flexibility index (Phi) is 4.70. The van der Waals surface area contributed by atoms with E-state index in [1.54, 1.807) is 6.07 Å². The molecule has 0 saturated heterocycles. The number of nitrogens with one attached hydrogen (secondary N) is 1. The van der Waals surface area contributed by atoms with Crippen molar-refractivity contribution in [3.63, 3.8) is 0 Å². The minimum Gasteiger partial charge on any atom is -0.504 e. The predicted octanol–water partition coefficient (Wildman–Crippen LogP) is 3.20. The van der Waals surface area contributed by atoms with Crippen LogP contribution in [0, 0.1) is 17.8 Å². The zero-order chi connectivity index (χ0) is 23.7. The molecule has 0 unspecified atom stereocenters. The van der Waals surface area contributed by atoms with E-state index in [1.165, 1.54) is 32.4 Å². The molecule has 0 aliphatic heterocycles. The number of nitrogens with two attached hydrogens (primary N) is 1. The van der Waals surface area contributed by atoms with Gasteiger partial charge >= 0.3 is 11.9 Å². The number of carboxylic acid groups (broad SMARTS) is 2. The summed E-state index contributed by atoms with van der Waals surface area (Å²) >= 11 is 0. The van der Waals surface area contributed by atoms with Gasteiger partial charge in [0.05, 0.1) is 7.11 Å². The minimum atomic E-state index is -1.57. The molecular formula is C24H26N2O7. The molecule has 0 spiro atoms. The van der Waals surface area contributed by atoms with E-state index < -0.39 is 34.4 Å². The molecule has 4 fully saturated rings. The topological polar surface area (TPSA) is 163 Å². The first-order valence-corrected chi connectivity index (χ1v) is 11.1. The van der Waals surface area contributed by atoms with E-state index in [0.29, 0.717) is 23.3 Å². The number of carbonyl (C=O) groups is 2. The highest BCUT2D eigenvalue weighted by molar-refractivity contribution is 6.07. The third-order valence-electron chi connectivity index (χ3n) is 7.87. The van der Waals surface area contributed by atoms with Crippen molar-refractivity contribution in [3.05, 3.63) is 39.2 Å². The van der Waals surface area contributed by atoms with Gasteiger partial charge in [-0.15, -0.1) is 0 Å². The fourth-order valence-electron chi connectivity index (χ4n) is 7.09. The number of phenolic OH excluding ortho intramolecular Hbond substituents is 1. The summed E-state index contributed by atoms with van der Waals surface area (Å²) in [6.45, 7) is 0. The van der Waals surface area contributed by atoms with Crippen LogP contribution < -0.4 is 16.0 Å². The second-order valence-corrected chi connectivity index (χ2v) is 9.88. The maximum atomic E-state index is 12.5. The number of methoxy groups -OCH3 is 1. The fraction of sp³-hybridized carbons (Fsp3) is 0.458. The molecule has 1 aromatic heterocycles. The van der Waals surface area contributed by atoms with Crippen molar-refractivity contribution < 1.29 is 29.6 Å². The molecule has 0 atom stereocenters. The van der Waals surface area contributed by atoms with Crippen molar-refractivity contribution in [2.24, 2.45) is 17.8 Å². The second-order valence-electron chi connectivity index (χ2n) is 9.88. The maximum Gasteiger partial charge on any atom is 0.342 e. The number of aromatic hydroxyl groups is 1. The Bertz CT molecular complexity index is 1210. The van der Waals surface area contributed by atoms with Crippen LogP contribution in [0.5, 0.6) is 11.5 Å². The Morgan fingerprint density at radius 1 is 1.03 bits per heavy atom. The van der Waals surface area contributed by atoms with E-state index >= 15 is 0 Å². The van der Waals surface area contributed by atoms with Crippen LogP contribution in [0.1, 0.15) is 64.8 Å². The van der Waals surface area contributed by atoms with Gasteiger partial charge in [0, 0.05) is 11.1 Å². The summed E-state index contributed by atoms with van der Waals surface area (Å²) < 4.78 is 5.41. The molecule has 6 N–H and O–H groups in total. The van der Waals surface area contributed by atoms with Gasteiger partial charge in [0.15, 0.2) is 11.5 Å². The molecule has 4 aliphatic carbocycles. The van der Waals surface area contributed by atoms with E-state index in [4.69, 9.17) is 10.5 Å². The molecule has 174 valence electrons. The molecule has 33 heavy (non-hydrogen) atoms. The van der Waals surface area contributed by atoms with Gasteiger partial charge in [-0.25, -0.2) is 9.59 Å². The number of H-pyrrole nitrogens is 1. The van der Waals surface area contributed by atoms with E-state index in [0.717, 1.165) is 19.3 Å². The van der Waals surface area contributed by atoms with Gasteiger partial charge in [0.1, 0.15) is 16.9 Å². The number of phenols is 1. The average molecular weight is 454 g/mol. The average Bonchev–Trinajstić information content (AvgIpc) is 2.71. The van der Waals surface area contributed by atoms with Crippen molar-refractivity contribution in [2.75, 3.05) is 12.8 Å². The monoisotopic (exact) mass is 454 g/mol. The third kappa shape index (κ3) is 3.17. The van der Waals surface area contributed by atoms with Crippen LogP contribution in [0.3, 0.4) is 0 Å². The van der Waals surface area contributed by atoms with Crippen LogP contribution in [0.15, 0.2) is 16.9 Å². The number of ether oxygens (including phenoxy) is 1. The smallest absolute Gasteiger partial charge is 0.342 e. The first-order valence-electron chi connectivity index (χ1n) is 11.1. The van der Waals surface area contributed by atoms with Gasteiger partial charge < -0.3 is 30.8 Å². The standard InChI is InChI=1S/C24H26N2O7/c1-33-15-6-13(16-17(22(29)30)20(25)26-21(28)18(16)23(31)32)5-14(19(15)27)24-7-10-2-11(8-24)4-12(3-10)9-24/h5-6,10-12,27H,2-4,7-9H2,1H3,(H,29,30)(H,31,32)(H3,25,26,28).